The minimum Gasteiger partial charge on any atom is -0.417 e. The van der Waals surface area contributed by atoms with Gasteiger partial charge >= 0.3 is 6.36 Å². The molecule has 31 heavy (non-hydrogen) atoms. The van der Waals surface area contributed by atoms with Crippen LogP contribution in [0.25, 0.3) is 11.3 Å². The molecule has 0 aliphatic heterocycles. The van der Waals surface area contributed by atoms with Gasteiger partial charge in [0.05, 0.1) is 12.6 Å². The summed E-state index contributed by atoms with van der Waals surface area (Å²) in [4.78, 5) is 16.3. The van der Waals surface area contributed by atoms with Crippen LogP contribution in [-0.4, -0.2) is 26.9 Å². The normalized spacial score (nSPS) is 12.8. The zero-order valence-electron chi connectivity index (χ0n) is 16.7. The molecule has 2 aromatic heterocycles. The predicted octanol–water partition coefficient (Wildman–Crippen LogP) is 4.36. The molecule has 0 saturated heterocycles. The molecule has 0 fully saturated rings. The lowest BCUT2D eigenvalue weighted by molar-refractivity contribution is -0.274. The topological polar surface area (TPSA) is 81.7 Å². The number of aromatic nitrogens is 3. The lowest BCUT2D eigenvalue weighted by Gasteiger charge is -2.09. The summed E-state index contributed by atoms with van der Waals surface area (Å²) in [5.41, 5.74) is 2.21. The number of carbonyl (C=O) groups excluding carboxylic acids is 1. The van der Waals surface area contributed by atoms with Crippen molar-refractivity contribution in [3.05, 3.63) is 78.2 Å². The summed E-state index contributed by atoms with van der Waals surface area (Å²) in [5, 5.41) is 7.03. The van der Waals surface area contributed by atoms with E-state index in [1.807, 2.05) is 0 Å². The summed E-state index contributed by atoms with van der Waals surface area (Å²) in [6, 6.07) is 5.12. The number of halogens is 3. The lowest BCUT2D eigenvalue weighted by atomic mass is 10.1. The first-order valence-electron chi connectivity index (χ1n) is 9.11. The monoisotopic (exact) mass is 432 g/mol. The van der Waals surface area contributed by atoms with Crippen LogP contribution in [0.3, 0.4) is 0 Å². The molecule has 0 saturated carbocycles. The molecule has 7 nitrogen and oxygen atoms in total. The molecule has 0 atom stereocenters. The van der Waals surface area contributed by atoms with Crippen molar-refractivity contribution >= 4 is 17.2 Å². The molecule has 0 bridgehead atoms. The van der Waals surface area contributed by atoms with Crippen LogP contribution in [0, 0.1) is 6.92 Å². The van der Waals surface area contributed by atoms with Crippen LogP contribution >= 0.6 is 0 Å². The highest BCUT2D eigenvalue weighted by Gasteiger charge is 2.30. The third-order valence-electron chi connectivity index (χ3n) is 4.11. The van der Waals surface area contributed by atoms with E-state index in [2.05, 4.69) is 26.7 Å². The number of aryl methyl sites for hydroxylation is 1. The van der Waals surface area contributed by atoms with Crippen LogP contribution in [0.15, 0.2) is 65.4 Å². The third-order valence-corrected chi connectivity index (χ3v) is 4.11. The Labute approximate surface area is 175 Å². The van der Waals surface area contributed by atoms with Crippen LogP contribution in [0.1, 0.15) is 24.2 Å². The van der Waals surface area contributed by atoms with E-state index in [0.29, 0.717) is 34.3 Å². The number of carbonyl (C=O) groups is 1. The lowest BCUT2D eigenvalue weighted by Crippen LogP contribution is -2.23. The Bertz CT molecular complexity index is 1150. The zero-order valence-corrected chi connectivity index (χ0v) is 16.7. The van der Waals surface area contributed by atoms with Gasteiger partial charge in [0.25, 0.3) is 0 Å². The van der Waals surface area contributed by atoms with Crippen molar-refractivity contribution < 1.29 is 27.1 Å². The molecule has 0 radical (unpaired) electrons. The number of hydrogen-bond acceptors (Lipinski definition) is 5. The second-order valence-electron chi connectivity index (χ2n) is 6.56. The maximum Gasteiger partial charge on any atom is 0.573 e. The van der Waals surface area contributed by atoms with Crippen LogP contribution in [0.4, 0.5) is 13.2 Å². The quantitative estimate of drug-likeness (QED) is 0.561. The average Bonchev–Trinajstić information content (AvgIpc) is 3.25. The number of ether oxygens (including phenoxy) is 1. The smallest absolute Gasteiger partial charge is 0.417 e. The number of allylic oxidation sites excluding steroid dienone is 5. The maximum atomic E-state index is 12.2. The van der Waals surface area contributed by atoms with Crippen molar-refractivity contribution in [3.8, 4) is 5.75 Å². The van der Waals surface area contributed by atoms with Crippen LogP contribution in [0.5, 0.6) is 5.75 Å². The van der Waals surface area contributed by atoms with Gasteiger partial charge in [-0.2, -0.15) is 4.52 Å². The van der Waals surface area contributed by atoms with Crippen LogP contribution < -0.4 is 10.1 Å². The number of benzene rings is 1. The van der Waals surface area contributed by atoms with E-state index in [0.717, 1.165) is 12.1 Å². The molecule has 0 unspecified atom stereocenters. The van der Waals surface area contributed by atoms with Crippen molar-refractivity contribution in [3.63, 3.8) is 0 Å². The summed E-state index contributed by atoms with van der Waals surface area (Å²) in [6.07, 6.45) is 1.74. The molecule has 162 valence electrons. The Morgan fingerprint density at radius 2 is 2.00 bits per heavy atom. The first kappa shape index (κ1) is 21.9. The van der Waals surface area contributed by atoms with E-state index in [4.69, 9.17) is 4.42 Å². The summed E-state index contributed by atoms with van der Waals surface area (Å²) >= 11 is 0. The largest absolute Gasteiger partial charge is 0.573 e. The van der Waals surface area contributed by atoms with Crippen molar-refractivity contribution in [1.29, 1.82) is 0 Å². The van der Waals surface area contributed by atoms with Crippen molar-refractivity contribution in [2.45, 2.75) is 26.6 Å². The number of alkyl halides is 3. The molecule has 1 aromatic carbocycles. The fraction of sp³-hybridized carbons (Fsp3) is 0.190. The molecule has 2 heterocycles. The number of nitrogens with zero attached hydrogens (tertiary/aromatic N) is 3. The Kier molecular flexibility index (Phi) is 6.28. The van der Waals surface area contributed by atoms with E-state index in [-0.39, 0.29) is 18.1 Å². The van der Waals surface area contributed by atoms with Gasteiger partial charge < -0.3 is 14.5 Å². The summed E-state index contributed by atoms with van der Waals surface area (Å²) in [6.45, 7) is 7.25. The van der Waals surface area contributed by atoms with Crippen LogP contribution in [0.2, 0.25) is 0 Å². The van der Waals surface area contributed by atoms with Gasteiger partial charge in [0.15, 0.2) is 0 Å². The van der Waals surface area contributed by atoms with E-state index in [1.54, 1.807) is 42.8 Å². The standard InChI is InChI=1S/C21H19F3N4O3/c1-4-16(20-27-28-14(3)25-12-19(28)30-20)8-5-13(2)26-18(29)11-15-6-9-17(10-7-15)31-21(22,23)24/h4-10,12H,1,11H2,2-3H3,(H,26,29). The van der Waals surface area contributed by atoms with Gasteiger partial charge in [0, 0.05) is 11.3 Å². The highest BCUT2D eigenvalue weighted by molar-refractivity contribution is 5.80. The van der Waals surface area contributed by atoms with Crippen molar-refractivity contribution in [2.75, 3.05) is 0 Å². The van der Waals surface area contributed by atoms with Gasteiger partial charge in [-0.1, -0.05) is 24.8 Å². The van der Waals surface area contributed by atoms with Crippen LogP contribution in [-0.2, 0) is 11.2 Å². The summed E-state index contributed by atoms with van der Waals surface area (Å²) in [5.74, 6) is 0.376. The Balaban J connectivity index is 1.62. The van der Waals surface area contributed by atoms with E-state index < -0.39 is 6.36 Å². The fourth-order valence-electron chi connectivity index (χ4n) is 2.68. The molecular formula is C21H19F3N4O3. The predicted molar refractivity (Wildman–Crippen MR) is 107 cm³/mol. The van der Waals surface area contributed by atoms with Gasteiger partial charge in [0.2, 0.25) is 17.5 Å². The van der Waals surface area contributed by atoms with Gasteiger partial charge in [-0.25, -0.2) is 4.98 Å². The minimum atomic E-state index is -4.76. The molecule has 1 amide bonds. The minimum absolute atomic E-state index is 0.00689. The Morgan fingerprint density at radius 1 is 1.29 bits per heavy atom. The van der Waals surface area contributed by atoms with Gasteiger partial charge in [0.1, 0.15) is 11.6 Å². The molecule has 1 N–H and O–H groups in total. The first-order chi connectivity index (χ1) is 14.6. The van der Waals surface area contributed by atoms with Crippen molar-refractivity contribution in [2.24, 2.45) is 0 Å². The Hall–Kier alpha value is -3.82. The van der Waals surface area contributed by atoms with E-state index in [9.17, 15) is 18.0 Å². The zero-order chi connectivity index (χ0) is 22.6. The number of imidazole rings is 1. The highest BCUT2D eigenvalue weighted by atomic mass is 19.4. The molecule has 10 heteroatoms. The summed E-state index contributed by atoms with van der Waals surface area (Å²) < 4.78 is 47.6. The molecule has 0 aliphatic carbocycles. The number of hydrogen-bond donors (Lipinski definition) is 1. The SMILES string of the molecule is C=CC(=CC=C(C)NC(=O)Cc1ccc(OC(F)(F)F)cc1)c1nn2c(C)ncc2o1. The third kappa shape index (κ3) is 5.84. The van der Waals surface area contributed by atoms with E-state index in [1.165, 1.54) is 12.1 Å². The number of fused-ring (bicyclic) bond motifs is 1. The first-order valence-corrected chi connectivity index (χ1v) is 9.11. The molecule has 0 spiro atoms. The van der Waals surface area contributed by atoms with Gasteiger partial charge in [-0.05, 0) is 43.7 Å². The highest BCUT2D eigenvalue weighted by Crippen LogP contribution is 2.23. The van der Waals surface area contributed by atoms with Gasteiger partial charge in [-0.3, -0.25) is 4.79 Å². The molecule has 3 aromatic rings. The number of nitrogens with one attached hydrogen (secondary N) is 1. The molecular weight excluding hydrogens is 413 g/mol. The Morgan fingerprint density at radius 3 is 2.61 bits per heavy atom. The van der Waals surface area contributed by atoms with E-state index >= 15 is 0 Å². The number of amides is 1. The van der Waals surface area contributed by atoms with Crippen molar-refractivity contribution in [1.82, 2.24) is 19.9 Å². The second kappa shape index (κ2) is 8.90. The average molecular weight is 432 g/mol. The molecule has 0 aliphatic rings. The molecule has 3 rings (SSSR count). The maximum absolute atomic E-state index is 12.2. The second-order valence-corrected chi connectivity index (χ2v) is 6.56. The van der Waals surface area contributed by atoms with Gasteiger partial charge in [-0.15, -0.1) is 18.3 Å². The fourth-order valence-corrected chi connectivity index (χ4v) is 2.68. The number of rotatable bonds is 7. The summed E-state index contributed by atoms with van der Waals surface area (Å²) in [7, 11) is 0.